The van der Waals surface area contributed by atoms with E-state index < -0.39 is 0 Å². The zero-order valence-corrected chi connectivity index (χ0v) is 7.53. The van der Waals surface area contributed by atoms with Crippen LogP contribution in [0.5, 0.6) is 0 Å². The quantitative estimate of drug-likeness (QED) is 0.685. The molecule has 0 aliphatic carbocycles. The van der Waals surface area contributed by atoms with Crippen molar-refractivity contribution < 1.29 is 4.79 Å². The predicted molar refractivity (Wildman–Crippen MR) is 50.8 cm³/mol. The Morgan fingerprint density at radius 2 is 2.38 bits per heavy atom. The molecule has 1 aromatic heterocycles. The summed E-state index contributed by atoms with van der Waals surface area (Å²) in [5.41, 5.74) is 1.63. The first-order chi connectivity index (χ1) is 6.33. The van der Waals surface area contributed by atoms with Gasteiger partial charge in [0.05, 0.1) is 23.4 Å². The number of aromatic nitrogens is 2. The highest BCUT2D eigenvalue weighted by Gasteiger charge is 2.03. The van der Waals surface area contributed by atoms with Gasteiger partial charge in [0.15, 0.2) is 0 Å². The van der Waals surface area contributed by atoms with Crippen LogP contribution in [-0.2, 0) is 11.3 Å². The number of para-hydroxylation sites is 1. The molecule has 0 atom stereocenters. The summed E-state index contributed by atoms with van der Waals surface area (Å²) in [7, 11) is 0. The number of imidazole rings is 1. The maximum atomic E-state index is 10.3. The van der Waals surface area contributed by atoms with Gasteiger partial charge < -0.3 is 9.36 Å². The monoisotopic (exact) mass is 194 g/mol. The lowest BCUT2D eigenvalue weighted by Crippen LogP contribution is -1.95. The third kappa shape index (κ3) is 1.31. The molecule has 0 aliphatic rings. The first-order valence-electron chi connectivity index (χ1n) is 3.86. The fourth-order valence-electron chi connectivity index (χ4n) is 1.28. The lowest BCUT2D eigenvalue weighted by molar-refractivity contribution is -0.108. The van der Waals surface area contributed by atoms with Crippen molar-refractivity contribution in [1.82, 2.24) is 9.55 Å². The van der Waals surface area contributed by atoms with Crippen LogP contribution in [0.1, 0.15) is 0 Å². The van der Waals surface area contributed by atoms with E-state index in [1.165, 1.54) is 0 Å². The van der Waals surface area contributed by atoms with E-state index in [1.807, 2.05) is 12.1 Å². The van der Waals surface area contributed by atoms with Crippen molar-refractivity contribution in [3.63, 3.8) is 0 Å². The van der Waals surface area contributed by atoms with Gasteiger partial charge in [0.1, 0.15) is 11.8 Å². The molecule has 13 heavy (non-hydrogen) atoms. The average Bonchev–Trinajstić information content (AvgIpc) is 2.51. The second-order valence-electron chi connectivity index (χ2n) is 2.67. The summed E-state index contributed by atoms with van der Waals surface area (Å²) in [6.07, 6.45) is 2.45. The largest absolute Gasteiger partial charge is 0.323 e. The Balaban J connectivity index is 2.67. The summed E-state index contributed by atoms with van der Waals surface area (Å²) >= 11 is 5.91. The number of halogens is 1. The minimum atomic E-state index is 0.316. The van der Waals surface area contributed by atoms with E-state index >= 15 is 0 Å². The molecule has 3 nitrogen and oxygen atoms in total. The molecule has 0 bridgehead atoms. The van der Waals surface area contributed by atoms with Crippen LogP contribution >= 0.6 is 11.6 Å². The van der Waals surface area contributed by atoms with Crippen molar-refractivity contribution in [2.45, 2.75) is 6.54 Å². The van der Waals surface area contributed by atoms with Gasteiger partial charge in [-0.1, -0.05) is 17.7 Å². The van der Waals surface area contributed by atoms with Crippen LogP contribution in [0.15, 0.2) is 24.5 Å². The van der Waals surface area contributed by atoms with Crippen molar-refractivity contribution in [2.24, 2.45) is 0 Å². The Morgan fingerprint density at radius 1 is 1.54 bits per heavy atom. The highest BCUT2D eigenvalue weighted by atomic mass is 35.5. The van der Waals surface area contributed by atoms with E-state index in [4.69, 9.17) is 11.6 Å². The first kappa shape index (κ1) is 8.26. The molecule has 0 radical (unpaired) electrons. The summed E-state index contributed by atoms with van der Waals surface area (Å²) in [5, 5.41) is 0.613. The van der Waals surface area contributed by atoms with Gasteiger partial charge in [-0.25, -0.2) is 4.98 Å². The average molecular weight is 195 g/mol. The van der Waals surface area contributed by atoms with Crippen LogP contribution in [0.4, 0.5) is 0 Å². The first-order valence-corrected chi connectivity index (χ1v) is 4.23. The van der Waals surface area contributed by atoms with Crippen molar-refractivity contribution in [3.8, 4) is 0 Å². The van der Waals surface area contributed by atoms with Crippen LogP contribution in [0.2, 0.25) is 5.02 Å². The molecule has 0 saturated carbocycles. The number of benzene rings is 1. The zero-order chi connectivity index (χ0) is 9.26. The molecule has 2 aromatic rings. The minimum Gasteiger partial charge on any atom is -0.323 e. The number of carbonyl (C=O) groups is 1. The lowest BCUT2D eigenvalue weighted by atomic mass is 10.3. The number of rotatable bonds is 2. The van der Waals surface area contributed by atoms with Gasteiger partial charge in [-0.15, -0.1) is 0 Å². The lowest BCUT2D eigenvalue weighted by Gasteiger charge is -1.97. The summed E-state index contributed by atoms with van der Waals surface area (Å²) in [5.74, 6) is 0. The Labute approximate surface area is 79.9 Å². The summed E-state index contributed by atoms with van der Waals surface area (Å²) in [6, 6.07) is 5.51. The van der Waals surface area contributed by atoms with Crippen molar-refractivity contribution >= 4 is 28.9 Å². The van der Waals surface area contributed by atoms with Gasteiger partial charge >= 0.3 is 0 Å². The SMILES string of the molecule is O=CCn1cnc2c(Cl)cccc21. The Bertz CT molecular complexity index is 450. The molecule has 0 fully saturated rings. The standard InChI is InChI=1S/C9H7ClN2O/c10-7-2-1-3-8-9(7)11-6-12(8)4-5-13/h1-3,5-6H,4H2. The summed E-state index contributed by atoms with van der Waals surface area (Å²) in [4.78, 5) is 14.4. The maximum Gasteiger partial charge on any atom is 0.139 e. The molecule has 1 aromatic carbocycles. The van der Waals surface area contributed by atoms with Gasteiger partial charge in [-0.3, -0.25) is 0 Å². The van der Waals surface area contributed by atoms with E-state index in [-0.39, 0.29) is 0 Å². The predicted octanol–water partition coefficient (Wildman–Crippen LogP) is 1.89. The Hall–Kier alpha value is -1.35. The molecule has 0 unspecified atom stereocenters. The second-order valence-corrected chi connectivity index (χ2v) is 3.08. The van der Waals surface area contributed by atoms with E-state index in [0.717, 1.165) is 17.3 Å². The van der Waals surface area contributed by atoms with Gasteiger partial charge in [0.25, 0.3) is 0 Å². The molecular weight excluding hydrogens is 188 g/mol. The Morgan fingerprint density at radius 3 is 3.15 bits per heavy atom. The van der Waals surface area contributed by atoms with Crippen LogP contribution in [0.25, 0.3) is 11.0 Å². The topological polar surface area (TPSA) is 34.9 Å². The number of aldehydes is 1. The highest BCUT2D eigenvalue weighted by Crippen LogP contribution is 2.21. The van der Waals surface area contributed by atoms with Gasteiger partial charge in [0.2, 0.25) is 0 Å². The van der Waals surface area contributed by atoms with E-state index in [2.05, 4.69) is 4.98 Å². The van der Waals surface area contributed by atoms with Crippen molar-refractivity contribution in [2.75, 3.05) is 0 Å². The van der Waals surface area contributed by atoms with Gasteiger partial charge in [0, 0.05) is 0 Å². The molecule has 2 rings (SSSR count). The van der Waals surface area contributed by atoms with Crippen molar-refractivity contribution in [3.05, 3.63) is 29.5 Å². The Kier molecular flexibility index (Phi) is 2.02. The normalized spacial score (nSPS) is 10.5. The van der Waals surface area contributed by atoms with Gasteiger partial charge in [-0.2, -0.15) is 0 Å². The number of fused-ring (bicyclic) bond motifs is 1. The number of carbonyl (C=O) groups excluding carboxylic acids is 1. The molecule has 0 saturated heterocycles. The molecule has 0 amide bonds. The fraction of sp³-hybridized carbons (Fsp3) is 0.111. The molecule has 0 spiro atoms. The highest BCUT2D eigenvalue weighted by molar-refractivity contribution is 6.34. The smallest absolute Gasteiger partial charge is 0.139 e. The van der Waals surface area contributed by atoms with E-state index in [1.54, 1.807) is 17.0 Å². The third-order valence-corrected chi connectivity index (χ3v) is 2.18. The van der Waals surface area contributed by atoms with Crippen LogP contribution in [0, 0.1) is 0 Å². The molecule has 0 aliphatic heterocycles. The number of hydrogen-bond acceptors (Lipinski definition) is 2. The van der Waals surface area contributed by atoms with Crippen LogP contribution in [-0.4, -0.2) is 15.8 Å². The third-order valence-electron chi connectivity index (χ3n) is 1.87. The maximum absolute atomic E-state index is 10.3. The van der Waals surface area contributed by atoms with E-state index in [9.17, 15) is 4.79 Å². The molecule has 66 valence electrons. The van der Waals surface area contributed by atoms with Crippen molar-refractivity contribution in [1.29, 1.82) is 0 Å². The summed E-state index contributed by atoms with van der Waals surface area (Å²) < 4.78 is 1.76. The second kappa shape index (κ2) is 3.18. The van der Waals surface area contributed by atoms with E-state index in [0.29, 0.717) is 11.6 Å². The zero-order valence-electron chi connectivity index (χ0n) is 6.77. The molecule has 1 heterocycles. The number of nitrogens with zero attached hydrogens (tertiary/aromatic N) is 2. The van der Waals surface area contributed by atoms with Gasteiger partial charge in [-0.05, 0) is 12.1 Å². The molecule has 4 heteroatoms. The minimum absolute atomic E-state index is 0.316. The summed E-state index contributed by atoms with van der Waals surface area (Å²) in [6.45, 7) is 0.316. The van der Waals surface area contributed by atoms with Crippen LogP contribution in [0.3, 0.4) is 0 Å². The number of hydrogen-bond donors (Lipinski definition) is 0. The molecular formula is C9H7ClN2O. The van der Waals surface area contributed by atoms with Crippen LogP contribution < -0.4 is 0 Å². The molecule has 0 N–H and O–H groups in total. The fourth-order valence-corrected chi connectivity index (χ4v) is 1.50.